The van der Waals surface area contributed by atoms with E-state index in [1.54, 1.807) is 47.4 Å². The molecule has 180 valence electrons. The highest BCUT2D eigenvalue weighted by molar-refractivity contribution is 6.23. The number of amides is 3. The molecule has 0 aliphatic carbocycles. The molecule has 35 heavy (non-hydrogen) atoms. The molecular weight excluding hydrogens is 442 g/mol. The maximum absolute atomic E-state index is 13.9. The Bertz CT molecular complexity index is 1210. The van der Waals surface area contributed by atoms with Crippen LogP contribution in [0.2, 0.25) is 0 Å². The number of carbonyl (C=O) groups is 3. The van der Waals surface area contributed by atoms with Gasteiger partial charge < -0.3 is 15.0 Å². The molecule has 1 atom stereocenters. The van der Waals surface area contributed by atoms with Gasteiger partial charge in [0.05, 0.1) is 11.4 Å². The molecule has 1 N–H and O–H groups in total. The normalized spacial score (nSPS) is 15.9. The number of nitrogens with one attached hydrogen (secondary N) is 1. The van der Waals surface area contributed by atoms with Gasteiger partial charge in [-0.3, -0.25) is 14.5 Å². The molecule has 0 bridgehead atoms. The van der Waals surface area contributed by atoms with Crippen molar-refractivity contribution in [2.45, 2.75) is 33.2 Å². The summed E-state index contributed by atoms with van der Waals surface area (Å²) in [7, 11) is 0. The monoisotopic (exact) mass is 471 g/mol. The molecule has 0 saturated heterocycles. The van der Waals surface area contributed by atoms with Crippen molar-refractivity contribution in [3.05, 3.63) is 84.9 Å². The summed E-state index contributed by atoms with van der Waals surface area (Å²) in [5.41, 5.74) is 1.74. The molecule has 0 fully saturated rings. The first kappa shape index (κ1) is 24.0. The Hall–Kier alpha value is -4.13. The van der Waals surface area contributed by atoms with Crippen LogP contribution in [0, 0.1) is 5.41 Å². The number of fused-ring (bicyclic) bond motifs is 1. The Morgan fingerprint density at radius 2 is 1.40 bits per heavy atom. The van der Waals surface area contributed by atoms with Gasteiger partial charge in [0.15, 0.2) is 6.04 Å². The van der Waals surface area contributed by atoms with Gasteiger partial charge in [0.2, 0.25) is 0 Å². The van der Waals surface area contributed by atoms with Crippen molar-refractivity contribution in [1.29, 1.82) is 0 Å². The summed E-state index contributed by atoms with van der Waals surface area (Å²) < 4.78 is 5.33. The first-order valence-corrected chi connectivity index (χ1v) is 11.6. The predicted molar refractivity (Wildman–Crippen MR) is 136 cm³/mol. The van der Waals surface area contributed by atoms with Gasteiger partial charge in [0.1, 0.15) is 5.75 Å². The first-order valence-electron chi connectivity index (χ1n) is 11.6. The van der Waals surface area contributed by atoms with Crippen LogP contribution < -0.4 is 19.9 Å². The van der Waals surface area contributed by atoms with E-state index < -0.39 is 23.9 Å². The molecule has 1 aliphatic heterocycles. The topological polar surface area (TPSA) is 79.0 Å². The fraction of sp³-hybridized carbons (Fsp3) is 0.250. The standard InChI is InChI=1S/C28H29N3O4/c1-28(2,3)18-19-30-22-16-10-11-17-23(22)31(20-12-6-4-7-13-20)26(33)24(25(30)32)29-27(34)35-21-14-8-5-9-15-21/h4-17,24H,18-19H2,1-3H3,(H,29,34). The summed E-state index contributed by atoms with van der Waals surface area (Å²) in [6.07, 6.45) is -0.175. The van der Waals surface area contributed by atoms with Crippen LogP contribution in [0.5, 0.6) is 5.75 Å². The quantitative estimate of drug-likeness (QED) is 0.513. The fourth-order valence-electron chi connectivity index (χ4n) is 3.90. The maximum Gasteiger partial charge on any atom is 0.413 e. The number of rotatable bonds is 5. The van der Waals surface area contributed by atoms with Crippen molar-refractivity contribution in [3.63, 3.8) is 0 Å². The Balaban J connectivity index is 1.75. The van der Waals surface area contributed by atoms with Crippen LogP contribution in [0.3, 0.4) is 0 Å². The second kappa shape index (κ2) is 10.0. The molecule has 0 radical (unpaired) electrons. The van der Waals surface area contributed by atoms with Crippen molar-refractivity contribution >= 4 is 35.0 Å². The molecule has 7 heteroatoms. The predicted octanol–water partition coefficient (Wildman–Crippen LogP) is 5.29. The van der Waals surface area contributed by atoms with Gasteiger partial charge in [-0.1, -0.05) is 69.3 Å². The lowest BCUT2D eigenvalue weighted by atomic mass is 9.92. The van der Waals surface area contributed by atoms with Crippen LogP contribution in [0.4, 0.5) is 21.9 Å². The van der Waals surface area contributed by atoms with Crippen LogP contribution in [0.25, 0.3) is 0 Å². The SMILES string of the molecule is CC(C)(C)CCN1C(=O)C(NC(=O)Oc2ccccc2)C(=O)N(c2ccccc2)c2ccccc21. The molecule has 3 amide bonds. The van der Waals surface area contributed by atoms with E-state index in [2.05, 4.69) is 26.1 Å². The molecule has 1 heterocycles. The maximum atomic E-state index is 13.9. The average molecular weight is 472 g/mol. The highest BCUT2D eigenvalue weighted by atomic mass is 16.6. The summed E-state index contributed by atoms with van der Waals surface area (Å²) in [5.74, 6) is -0.752. The highest BCUT2D eigenvalue weighted by Gasteiger charge is 2.42. The van der Waals surface area contributed by atoms with Crippen LogP contribution in [0.1, 0.15) is 27.2 Å². The number of para-hydroxylation sites is 4. The number of hydrogen-bond donors (Lipinski definition) is 1. The third kappa shape index (κ3) is 5.51. The number of ether oxygens (including phenoxy) is 1. The molecule has 0 aromatic heterocycles. The van der Waals surface area contributed by atoms with E-state index >= 15 is 0 Å². The van der Waals surface area contributed by atoms with Gasteiger partial charge in [0.25, 0.3) is 11.8 Å². The summed E-state index contributed by atoms with van der Waals surface area (Å²) in [6, 6.07) is 23.4. The van der Waals surface area contributed by atoms with Crippen LogP contribution >= 0.6 is 0 Å². The van der Waals surface area contributed by atoms with E-state index in [4.69, 9.17) is 4.74 Å². The lowest BCUT2D eigenvalue weighted by molar-refractivity contribution is -0.128. The Morgan fingerprint density at radius 1 is 0.829 bits per heavy atom. The molecule has 4 rings (SSSR count). The largest absolute Gasteiger partial charge is 0.413 e. The smallest absolute Gasteiger partial charge is 0.410 e. The van der Waals surface area contributed by atoms with Crippen LogP contribution in [-0.2, 0) is 9.59 Å². The van der Waals surface area contributed by atoms with Crippen molar-refractivity contribution in [2.75, 3.05) is 16.3 Å². The van der Waals surface area contributed by atoms with E-state index in [0.717, 1.165) is 0 Å². The minimum Gasteiger partial charge on any atom is -0.410 e. The molecule has 1 aliphatic rings. The minimum absolute atomic E-state index is 0.0418. The molecule has 0 saturated carbocycles. The Labute approximate surface area is 205 Å². The van der Waals surface area contributed by atoms with Gasteiger partial charge in [-0.2, -0.15) is 0 Å². The van der Waals surface area contributed by atoms with Crippen molar-refractivity contribution in [1.82, 2.24) is 5.32 Å². The van der Waals surface area contributed by atoms with Crippen molar-refractivity contribution in [3.8, 4) is 5.75 Å². The molecule has 0 spiro atoms. The third-order valence-corrected chi connectivity index (χ3v) is 5.71. The highest BCUT2D eigenvalue weighted by Crippen LogP contribution is 2.38. The van der Waals surface area contributed by atoms with Gasteiger partial charge in [0, 0.05) is 12.2 Å². The second-order valence-electron chi connectivity index (χ2n) is 9.58. The Morgan fingerprint density at radius 3 is 2.03 bits per heavy atom. The first-order chi connectivity index (χ1) is 16.7. The third-order valence-electron chi connectivity index (χ3n) is 5.71. The van der Waals surface area contributed by atoms with E-state index in [1.165, 1.54) is 4.90 Å². The summed E-state index contributed by atoms with van der Waals surface area (Å²) in [5, 5.41) is 2.53. The molecule has 1 unspecified atom stereocenters. The zero-order valence-electron chi connectivity index (χ0n) is 20.1. The number of nitrogens with zero attached hydrogens (tertiary/aromatic N) is 2. The average Bonchev–Trinajstić information content (AvgIpc) is 2.91. The molecule has 3 aromatic rings. The van der Waals surface area contributed by atoms with Gasteiger partial charge in [-0.05, 0) is 48.2 Å². The zero-order chi connectivity index (χ0) is 25.0. The Kier molecular flexibility index (Phi) is 6.87. The fourth-order valence-corrected chi connectivity index (χ4v) is 3.90. The lowest BCUT2D eigenvalue weighted by Crippen LogP contribution is -2.55. The summed E-state index contributed by atoms with van der Waals surface area (Å²) >= 11 is 0. The van der Waals surface area contributed by atoms with E-state index in [0.29, 0.717) is 35.8 Å². The van der Waals surface area contributed by atoms with E-state index in [1.807, 2.05) is 42.5 Å². The number of hydrogen-bond acceptors (Lipinski definition) is 4. The van der Waals surface area contributed by atoms with Crippen molar-refractivity contribution < 1.29 is 19.1 Å². The van der Waals surface area contributed by atoms with E-state index in [9.17, 15) is 14.4 Å². The minimum atomic E-state index is -1.46. The molecular formula is C28H29N3O4. The summed E-state index contributed by atoms with van der Waals surface area (Å²) in [6.45, 7) is 6.67. The summed E-state index contributed by atoms with van der Waals surface area (Å²) in [4.78, 5) is 43.5. The zero-order valence-corrected chi connectivity index (χ0v) is 20.1. The second-order valence-corrected chi connectivity index (χ2v) is 9.58. The van der Waals surface area contributed by atoms with Crippen molar-refractivity contribution in [2.24, 2.45) is 5.41 Å². The number of benzene rings is 3. The number of anilines is 3. The van der Waals surface area contributed by atoms with E-state index in [-0.39, 0.29) is 5.41 Å². The van der Waals surface area contributed by atoms with Gasteiger partial charge in [-0.15, -0.1) is 0 Å². The molecule has 3 aromatic carbocycles. The van der Waals surface area contributed by atoms with Crippen LogP contribution in [0.15, 0.2) is 84.9 Å². The molecule has 7 nitrogen and oxygen atoms in total. The lowest BCUT2D eigenvalue weighted by Gasteiger charge is -2.28. The number of carbonyl (C=O) groups excluding carboxylic acids is 3. The van der Waals surface area contributed by atoms with Gasteiger partial charge >= 0.3 is 6.09 Å². The van der Waals surface area contributed by atoms with Gasteiger partial charge in [-0.25, -0.2) is 4.79 Å². The van der Waals surface area contributed by atoms with Crippen LogP contribution in [-0.4, -0.2) is 30.5 Å².